The van der Waals surface area contributed by atoms with Crippen molar-refractivity contribution in [1.82, 2.24) is 5.32 Å². The van der Waals surface area contributed by atoms with Crippen LogP contribution in [0, 0.1) is 11.8 Å². The van der Waals surface area contributed by atoms with E-state index in [2.05, 4.69) is 11.4 Å². The third-order valence-electron chi connectivity index (χ3n) is 5.23. The Kier molecular flexibility index (Phi) is 4.53. The minimum absolute atomic E-state index is 0.0832. The van der Waals surface area contributed by atoms with Gasteiger partial charge in [-0.3, -0.25) is 4.79 Å². The third-order valence-corrected chi connectivity index (χ3v) is 6.04. The summed E-state index contributed by atoms with van der Waals surface area (Å²) in [5, 5.41) is 4.97. The van der Waals surface area contributed by atoms with Gasteiger partial charge < -0.3 is 5.32 Å². The van der Waals surface area contributed by atoms with Crippen molar-refractivity contribution < 1.29 is 4.79 Å². The Bertz CT molecular complexity index is 847. The zero-order valence-electron chi connectivity index (χ0n) is 13.3. The molecule has 1 amide bonds. The first-order valence-corrected chi connectivity index (χ1v) is 9.34. The van der Waals surface area contributed by atoms with Gasteiger partial charge >= 0.3 is 0 Å². The molecule has 0 aromatic heterocycles. The van der Waals surface area contributed by atoms with Crippen molar-refractivity contribution >= 4 is 40.7 Å². The maximum absolute atomic E-state index is 12.2. The second kappa shape index (κ2) is 6.68. The van der Waals surface area contributed by atoms with Crippen LogP contribution in [0.5, 0.6) is 0 Å². The molecule has 1 fully saturated rings. The molecule has 2 nitrogen and oxygen atoms in total. The number of carbonyl (C=O) groups excluding carboxylic acids is 1. The van der Waals surface area contributed by atoms with Crippen LogP contribution in [0.25, 0.3) is 0 Å². The Hall–Kier alpha value is -1.48. The molecule has 0 spiro atoms. The SMILES string of the molecule is O=C1NC[C@H]2[C@@H](c3ccc(Cl)cc3)[C@@H](c3ccc(Cl)cc3Cl)C=C[C@@H]12. The van der Waals surface area contributed by atoms with Crippen LogP contribution in [0.2, 0.25) is 15.1 Å². The van der Waals surface area contributed by atoms with E-state index in [-0.39, 0.29) is 29.6 Å². The topological polar surface area (TPSA) is 29.1 Å². The van der Waals surface area contributed by atoms with Gasteiger partial charge in [-0.25, -0.2) is 0 Å². The normalized spacial score (nSPS) is 27.9. The second-order valence-electron chi connectivity index (χ2n) is 6.59. The van der Waals surface area contributed by atoms with Crippen molar-refractivity contribution in [2.75, 3.05) is 6.54 Å². The largest absolute Gasteiger partial charge is 0.355 e. The summed E-state index contributed by atoms with van der Waals surface area (Å²) in [7, 11) is 0. The fraction of sp³-hybridized carbons (Fsp3) is 0.250. The van der Waals surface area contributed by atoms with Gasteiger partial charge in [-0.1, -0.05) is 65.2 Å². The molecule has 4 rings (SSSR count). The highest BCUT2D eigenvalue weighted by Crippen LogP contribution is 2.49. The molecule has 1 aliphatic heterocycles. The Labute approximate surface area is 161 Å². The number of amides is 1. The summed E-state index contributed by atoms with van der Waals surface area (Å²) >= 11 is 18.6. The van der Waals surface area contributed by atoms with E-state index < -0.39 is 0 Å². The van der Waals surface area contributed by atoms with Crippen LogP contribution in [0.3, 0.4) is 0 Å². The fourth-order valence-electron chi connectivity index (χ4n) is 4.07. The van der Waals surface area contributed by atoms with E-state index in [1.807, 2.05) is 42.5 Å². The molecular formula is C20H16Cl3NO. The number of hydrogen-bond donors (Lipinski definition) is 1. The molecule has 1 saturated heterocycles. The van der Waals surface area contributed by atoms with Crippen LogP contribution < -0.4 is 5.32 Å². The molecule has 1 heterocycles. The quantitative estimate of drug-likeness (QED) is 0.677. The van der Waals surface area contributed by atoms with Crippen LogP contribution in [-0.4, -0.2) is 12.5 Å². The number of rotatable bonds is 2. The van der Waals surface area contributed by atoms with Crippen LogP contribution in [-0.2, 0) is 4.79 Å². The van der Waals surface area contributed by atoms with Gasteiger partial charge in [0.05, 0.1) is 5.92 Å². The van der Waals surface area contributed by atoms with E-state index in [0.717, 1.165) is 11.1 Å². The summed E-state index contributed by atoms with van der Waals surface area (Å²) in [6.45, 7) is 0.669. The molecule has 0 bridgehead atoms. The first kappa shape index (κ1) is 17.0. The van der Waals surface area contributed by atoms with Gasteiger partial charge in [0, 0.05) is 27.5 Å². The first-order chi connectivity index (χ1) is 12.0. The Morgan fingerprint density at radius 2 is 1.56 bits per heavy atom. The van der Waals surface area contributed by atoms with Crippen molar-refractivity contribution in [2.24, 2.45) is 11.8 Å². The van der Waals surface area contributed by atoms with Gasteiger partial charge in [-0.2, -0.15) is 0 Å². The van der Waals surface area contributed by atoms with Crippen molar-refractivity contribution in [3.05, 3.63) is 80.8 Å². The van der Waals surface area contributed by atoms with Gasteiger partial charge in [0.1, 0.15) is 0 Å². The molecule has 4 atom stereocenters. The lowest BCUT2D eigenvalue weighted by atomic mass is 9.67. The van der Waals surface area contributed by atoms with Gasteiger partial charge in [0.25, 0.3) is 0 Å². The number of fused-ring (bicyclic) bond motifs is 1. The van der Waals surface area contributed by atoms with E-state index in [1.165, 1.54) is 0 Å². The minimum atomic E-state index is -0.0944. The summed E-state index contributed by atoms with van der Waals surface area (Å²) < 4.78 is 0. The van der Waals surface area contributed by atoms with Crippen molar-refractivity contribution in [2.45, 2.75) is 11.8 Å². The zero-order valence-corrected chi connectivity index (χ0v) is 15.5. The van der Waals surface area contributed by atoms with E-state index in [0.29, 0.717) is 21.6 Å². The predicted molar refractivity (Wildman–Crippen MR) is 103 cm³/mol. The standard InChI is InChI=1S/C20H16Cl3NO/c21-12-3-1-11(2-4-12)19-15(14-6-5-13(22)9-18(14)23)7-8-16-17(19)10-24-20(16)25/h1-9,15-17,19H,10H2,(H,24,25)/t15-,16-,17-,19+/m1/s1. The molecule has 5 heteroatoms. The Morgan fingerprint density at radius 3 is 2.28 bits per heavy atom. The van der Waals surface area contributed by atoms with E-state index in [4.69, 9.17) is 34.8 Å². The first-order valence-electron chi connectivity index (χ1n) is 8.21. The Balaban J connectivity index is 1.83. The summed E-state index contributed by atoms with van der Waals surface area (Å²) in [6, 6.07) is 13.5. The van der Waals surface area contributed by atoms with Gasteiger partial charge in [-0.05, 0) is 47.2 Å². The summed E-state index contributed by atoms with van der Waals surface area (Å²) in [6.07, 6.45) is 4.13. The summed E-state index contributed by atoms with van der Waals surface area (Å²) in [4.78, 5) is 12.2. The van der Waals surface area contributed by atoms with Gasteiger partial charge in [0.15, 0.2) is 0 Å². The number of halogens is 3. The number of nitrogens with one attached hydrogen (secondary N) is 1. The fourth-order valence-corrected chi connectivity index (χ4v) is 4.73. The van der Waals surface area contributed by atoms with E-state index in [9.17, 15) is 4.79 Å². The molecule has 0 saturated carbocycles. The van der Waals surface area contributed by atoms with Crippen molar-refractivity contribution in [1.29, 1.82) is 0 Å². The predicted octanol–water partition coefficient (Wildman–Crippen LogP) is 5.45. The lowest BCUT2D eigenvalue weighted by Crippen LogP contribution is -2.29. The number of carbonyl (C=O) groups is 1. The van der Waals surface area contributed by atoms with Crippen molar-refractivity contribution in [3.63, 3.8) is 0 Å². The van der Waals surface area contributed by atoms with Crippen molar-refractivity contribution in [3.8, 4) is 0 Å². The van der Waals surface area contributed by atoms with Crippen LogP contribution in [0.4, 0.5) is 0 Å². The van der Waals surface area contributed by atoms with Crippen LogP contribution >= 0.6 is 34.8 Å². The summed E-state index contributed by atoms with van der Waals surface area (Å²) in [5.41, 5.74) is 2.19. The molecule has 1 N–H and O–H groups in total. The maximum Gasteiger partial charge on any atom is 0.227 e. The highest BCUT2D eigenvalue weighted by molar-refractivity contribution is 6.35. The van der Waals surface area contributed by atoms with E-state index >= 15 is 0 Å². The lowest BCUT2D eigenvalue weighted by molar-refractivity contribution is -0.121. The smallest absolute Gasteiger partial charge is 0.227 e. The van der Waals surface area contributed by atoms with Gasteiger partial charge in [-0.15, -0.1) is 0 Å². The highest BCUT2D eigenvalue weighted by Gasteiger charge is 2.44. The summed E-state index contributed by atoms with van der Waals surface area (Å²) in [5.74, 6) is 0.420. The third kappa shape index (κ3) is 3.08. The van der Waals surface area contributed by atoms with Crippen LogP contribution in [0.15, 0.2) is 54.6 Å². The number of hydrogen-bond acceptors (Lipinski definition) is 1. The number of allylic oxidation sites excluding steroid dienone is 1. The minimum Gasteiger partial charge on any atom is -0.355 e. The average molecular weight is 393 g/mol. The lowest BCUT2D eigenvalue weighted by Gasteiger charge is -2.36. The van der Waals surface area contributed by atoms with Crippen LogP contribution in [0.1, 0.15) is 23.0 Å². The van der Waals surface area contributed by atoms with Gasteiger partial charge in [0.2, 0.25) is 5.91 Å². The Morgan fingerprint density at radius 1 is 0.880 bits per heavy atom. The zero-order chi connectivity index (χ0) is 17.6. The molecule has 128 valence electrons. The monoisotopic (exact) mass is 391 g/mol. The average Bonchev–Trinajstić information content (AvgIpc) is 2.97. The molecule has 25 heavy (non-hydrogen) atoms. The number of benzene rings is 2. The van der Waals surface area contributed by atoms with E-state index in [1.54, 1.807) is 6.07 Å². The molecule has 2 aromatic rings. The molecule has 1 aliphatic carbocycles. The molecule has 2 aliphatic rings. The maximum atomic E-state index is 12.2. The molecular weight excluding hydrogens is 377 g/mol. The molecule has 0 unspecified atom stereocenters. The molecule has 2 aromatic carbocycles. The second-order valence-corrected chi connectivity index (χ2v) is 7.87. The highest BCUT2D eigenvalue weighted by atomic mass is 35.5. The molecule has 0 radical (unpaired) electrons.